The highest BCUT2D eigenvalue weighted by atomic mass is 16.4. The molecule has 3 heteroatoms. The van der Waals surface area contributed by atoms with Crippen molar-refractivity contribution in [1.29, 1.82) is 0 Å². The van der Waals surface area contributed by atoms with E-state index in [9.17, 15) is 5.11 Å². The predicted octanol–water partition coefficient (Wildman–Crippen LogP) is 2.97. The summed E-state index contributed by atoms with van der Waals surface area (Å²) in [5.74, 6) is 0.699. The van der Waals surface area contributed by atoms with Crippen molar-refractivity contribution in [3.63, 3.8) is 0 Å². The first-order valence-electron chi connectivity index (χ1n) is 6.76. The molecule has 1 aliphatic rings. The van der Waals surface area contributed by atoms with Gasteiger partial charge in [-0.2, -0.15) is 0 Å². The van der Waals surface area contributed by atoms with Gasteiger partial charge in [0.15, 0.2) is 0 Å². The van der Waals surface area contributed by atoms with Gasteiger partial charge in [-0.25, -0.2) is 0 Å². The number of aliphatic hydroxyl groups excluding tert-OH is 1. The van der Waals surface area contributed by atoms with Crippen LogP contribution in [0.3, 0.4) is 0 Å². The van der Waals surface area contributed by atoms with E-state index in [4.69, 9.17) is 4.42 Å². The van der Waals surface area contributed by atoms with Crippen LogP contribution in [0.15, 0.2) is 22.8 Å². The Bertz CT molecular complexity index is 310. The van der Waals surface area contributed by atoms with Gasteiger partial charge in [0, 0.05) is 6.04 Å². The lowest BCUT2D eigenvalue weighted by Crippen LogP contribution is -2.35. The molecule has 2 rings (SSSR count). The van der Waals surface area contributed by atoms with E-state index in [1.165, 1.54) is 32.2 Å². The molecular formula is C14H23NO2. The second kappa shape index (κ2) is 6.22. The van der Waals surface area contributed by atoms with Crippen molar-refractivity contribution in [3.05, 3.63) is 24.2 Å². The van der Waals surface area contributed by atoms with Gasteiger partial charge in [-0.1, -0.05) is 19.8 Å². The molecule has 0 aromatic carbocycles. The molecule has 17 heavy (non-hydrogen) atoms. The summed E-state index contributed by atoms with van der Waals surface area (Å²) in [5, 5.41) is 10.1. The molecule has 96 valence electrons. The zero-order valence-corrected chi connectivity index (χ0v) is 10.6. The van der Waals surface area contributed by atoms with Crippen LogP contribution < -0.4 is 0 Å². The molecule has 1 aromatic heterocycles. The topological polar surface area (TPSA) is 36.6 Å². The zero-order chi connectivity index (χ0) is 12.1. The fourth-order valence-corrected chi connectivity index (χ4v) is 2.77. The molecule has 2 unspecified atom stereocenters. The van der Waals surface area contributed by atoms with Crippen molar-refractivity contribution in [3.8, 4) is 0 Å². The van der Waals surface area contributed by atoms with Crippen LogP contribution in [0.2, 0.25) is 0 Å². The Morgan fingerprint density at radius 2 is 2.35 bits per heavy atom. The maximum atomic E-state index is 10.1. The first-order chi connectivity index (χ1) is 8.31. The van der Waals surface area contributed by atoms with Gasteiger partial charge in [0.05, 0.1) is 6.26 Å². The van der Waals surface area contributed by atoms with E-state index in [-0.39, 0.29) is 0 Å². The number of likely N-dealkylation sites (tertiary alicyclic amines) is 1. The summed E-state index contributed by atoms with van der Waals surface area (Å²) in [6.45, 7) is 4.46. The van der Waals surface area contributed by atoms with Gasteiger partial charge in [-0.3, -0.25) is 0 Å². The number of hydrogen-bond donors (Lipinski definition) is 1. The maximum Gasteiger partial charge on any atom is 0.132 e. The fraction of sp³-hybridized carbons (Fsp3) is 0.714. The number of furan rings is 1. The van der Waals surface area contributed by atoms with Crippen LogP contribution in [0.4, 0.5) is 0 Å². The third-order valence-corrected chi connectivity index (χ3v) is 3.77. The van der Waals surface area contributed by atoms with Crippen LogP contribution in [-0.2, 0) is 0 Å². The summed E-state index contributed by atoms with van der Waals surface area (Å²) >= 11 is 0. The van der Waals surface area contributed by atoms with E-state index >= 15 is 0 Å². The molecule has 1 aliphatic heterocycles. The molecule has 0 aliphatic carbocycles. The van der Waals surface area contributed by atoms with Crippen molar-refractivity contribution >= 4 is 0 Å². The summed E-state index contributed by atoms with van der Waals surface area (Å²) in [4.78, 5) is 2.50. The van der Waals surface area contributed by atoms with Crippen molar-refractivity contribution in [2.24, 2.45) is 0 Å². The monoisotopic (exact) mass is 237 g/mol. The van der Waals surface area contributed by atoms with Crippen molar-refractivity contribution < 1.29 is 9.52 Å². The van der Waals surface area contributed by atoms with Crippen molar-refractivity contribution in [2.45, 2.75) is 51.2 Å². The number of hydrogen-bond acceptors (Lipinski definition) is 3. The fourth-order valence-electron chi connectivity index (χ4n) is 2.77. The Kier molecular flexibility index (Phi) is 4.63. The standard InChI is InChI=1S/C14H23NO2/c1-2-15-9-5-3-4-7-12(15)11-13(16)14-8-6-10-17-14/h6,8,10,12-13,16H,2-5,7,9,11H2,1H3. The largest absolute Gasteiger partial charge is 0.467 e. The van der Waals surface area contributed by atoms with E-state index in [0.29, 0.717) is 11.8 Å². The van der Waals surface area contributed by atoms with Gasteiger partial charge < -0.3 is 14.4 Å². The van der Waals surface area contributed by atoms with Crippen LogP contribution in [0, 0.1) is 0 Å². The van der Waals surface area contributed by atoms with E-state index in [2.05, 4.69) is 11.8 Å². The SMILES string of the molecule is CCN1CCCCCC1CC(O)c1ccco1. The third-order valence-electron chi connectivity index (χ3n) is 3.77. The van der Waals surface area contributed by atoms with Gasteiger partial charge in [-0.15, -0.1) is 0 Å². The summed E-state index contributed by atoms with van der Waals surface area (Å²) < 4.78 is 5.27. The number of rotatable bonds is 4. The molecule has 1 saturated heterocycles. The van der Waals surface area contributed by atoms with Crippen LogP contribution >= 0.6 is 0 Å². The molecule has 2 atom stereocenters. The first kappa shape index (κ1) is 12.7. The highest BCUT2D eigenvalue weighted by Crippen LogP contribution is 2.26. The van der Waals surface area contributed by atoms with Crippen LogP contribution in [0.5, 0.6) is 0 Å². The Labute approximate surface area is 103 Å². The second-order valence-corrected chi connectivity index (χ2v) is 4.90. The van der Waals surface area contributed by atoms with Gasteiger partial charge in [-0.05, 0) is 44.5 Å². The molecule has 0 spiro atoms. The van der Waals surface area contributed by atoms with Gasteiger partial charge in [0.2, 0.25) is 0 Å². The van der Waals surface area contributed by atoms with Gasteiger partial charge >= 0.3 is 0 Å². The smallest absolute Gasteiger partial charge is 0.132 e. The lowest BCUT2D eigenvalue weighted by atomic mass is 10.0. The van der Waals surface area contributed by atoms with E-state index in [1.54, 1.807) is 6.26 Å². The lowest BCUT2D eigenvalue weighted by Gasteiger charge is -2.29. The highest BCUT2D eigenvalue weighted by Gasteiger charge is 2.23. The molecule has 0 bridgehead atoms. The molecule has 0 amide bonds. The van der Waals surface area contributed by atoms with Crippen LogP contribution in [0.1, 0.15) is 50.9 Å². The summed E-state index contributed by atoms with van der Waals surface area (Å²) in [6.07, 6.45) is 7.06. The predicted molar refractivity (Wildman–Crippen MR) is 67.8 cm³/mol. The third kappa shape index (κ3) is 3.33. The summed E-state index contributed by atoms with van der Waals surface area (Å²) in [5.41, 5.74) is 0. The quantitative estimate of drug-likeness (QED) is 0.874. The minimum atomic E-state index is -0.456. The molecule has 1 N–H and O–H groups in total. The minimum absolute atomic E-state index is 0.456. The number of nitrogens with zero attached hydrogens (tertiary/aromatic N) is 1. The van der Waals surface area contributed by atoms with Crippen molar-refractivity contribution in [1.82, 2.24) is 4.90 Å². The Morgan fingerprint density at radius 1 is 1.47 bits per heavy atom. The van der Waals surface area contributed by atoms with E-state index in [1.807, 2.05) is 12.1 Å². The molecule has 0 saturated carbocycles. The summed E-state index contributed by atoms with van der Waals surface area (Å²) in [7, 11) is 0. The highest BCUT2D eigenvalue weighted by molar-refractivity contribution is 5.02. The Hall–Kier alpha value is -0.800. The van der Waals surface area contributed by atoms with Crippen LogP contribution in [-0.4, -0.2) is 29.1 Å². The van der Waals surface area contributed by atoms with Gasteiger partial charge in [0.25, 0.3) is 0 Å². The minimum Gasteiger partial charge on any atom is -0.467 e. The number of aliphatic hydroxyl groups is 1. The molecular weight excluding hydrogens is 214 g/mol. The molecule has 0 radical (unpaired) electrons. The second-order valence-electron chi connectivity index (χ2n) is 4.90. The van der Waals surface area contributed by atoms with E-state index in [0.717, 1.165) is 13.0 Å². The average Bonchev–Trinajstić information content (AvgIpc) is 2.78. The zero-order valence-electron chi connectivity index (χ0n) is 10.6. The molecule has 2 heterocycles. The average molecular weight is 237 g/mol. The van der Waals surface area contributed by atoms with Gasteiger partial charge in [0.1, 0.15) is 11.9 Å². The lowest BCUT2D eigenvalue weighted by molar-refractivity contribution is 0.0886. The van der Waals surface area contributed by atoms with E-state index < -0.39 is 6.10 Å². The van der Waals surface area contributed by atoms with Crippen molar-refractivity contribution in [2.75, 3.05) is 13.1 Å². The summed E-state index contributed by atoms with van der Waals surface area (Å²) in [6, 6.07) is 4.20. The van der Waals surface area contributed by atoms with Crippen LogP contribution in [0.25, 0.3) is 0 Å². The molecule has 1 aromatic rings. The maximum absolute atomic E-state index is 10.1. The molecule has 3 nitrogen and oxygen atoms in total. The molecule has 1 fully saturated rings. The Morgan fingerprint density at radius 3 is 3.06 bits per heavy atom. The first-order valence-corrected chi connectivity index (χ1v) is 6.76. The Balaban J connectivity index is 1.95. The normalized spacial score (nSPS) is 24.5.